The van der Waals surface area contributed by atoms with Crippen LogP contribution in [0, 0.1) is 6.92 Å². The SMILES string of the molecule is Cc1ccccc1CC(=S)CC(=O)CCCc1cccc(-c2ncn(-c3ccc(OC(F)(F)F)cc3)n2)c1. The lowest BCUT2D eigenvalue weighted by molar-refractivity contribution is -0.274. The fourth-order valence-electron chi connectivity index (χ4n) is 4.07. The second-order valence-corrected chi connectivity index (χ2v) is 9.54. The normalized spacial score (nSPS) is 11.4. The molecule has 4 rings (SSSR count). The van der Waals surface area contributed by atoms with Crippen molar-refractivity contribution in [3.63, 3.8) is 0 Å². The van der Waals surface area contributed by atoms with E-state index in [0.29, 0.717) is 37.2 Å². The Morgan fingerprint density at radius 3 is 2.53 bits per heavy atom. The Morgan fingerprint density at radius 1 is 1.03 bits per heavy atom. The van der Waals surface area contributed by atoms with Crippen LogP contribution in [-0.4, -0.2) is 31.8 Å². The molecule has 0 N–H and O–H groups in total. The Labute approximate surface area is 224 Å². The van der Waals surface area contributed by atoms with Gasteiger partial charge < -0.3 is 4.74 Å². The summed E-state index contributed by atoms with van der Waals surface area (Å²) >= 11 is 5.46. The van der Waals surface area contributed by atoms with Crippen molar-refractivity contribution in [1.82, 2.24) is 14.8 Å². The third kappa shape index (κ3) is 7.82. The van der Waals surface area contributed by atoms with E-state index in [1.165, 1.54) is 40.8 Å². The summed E-state index contributed by atoms with van der Waals surface area (Å²) in [5.74, 6) is 0.327. The maximum atomic E-state index is 12.5. The third-order valence-electron chi connectivity index (χ3n) is 5.98. The number of carbonyl (C=O) groups is 1. The van der Waals surface area contributed by atoms with Gasteiger partial charge in [0.1, 0.15) is 17.9 Å². The van der Waals surface area contributed by atoms with Crippen LogP contribution in [0.1, 0.15) is 36.0 Å². The van der Waals surface area contributed by atoms with Crippen molar-refractivity contribution in [3.05, 3.63) is 95.8 Å². The van der Waals surface area contributed by atoms with Crippen LogP contribution in [0.2, 0.25) is 0 Å². The topological polar surface area (TPSA) is 57.0 Å². The van der Waals surface area contributed by atoms with Gasteiger partial charge in [-0.1, -0.05) is 54.7 Å². The molecule has 0 bridgehead atoms. The van der Waals surface area contributed by atoms with Crippen LogP contribution >= 0.6 is 12.2 Å². The minimum Gasteiger partial charge on any atom is -0.406 e. The highest BCUT2D eigenvalue weighted by molar-refractivity contribution is 7.80. The summed E-state index contributed by atoms with van der Waals surface area (Å²) in [4.78, 5) is 17.6. The molecule has 0 atom stereocenters. The second-order valence-electron chi connectivity index (χ2n) is 8.97. The van der Waals surface area contributed by atoms with Crippen molar-refractivity contribution in [2.45, 2.75) is 45.4 Å². The summed E-state index contributed by atoms with van der Waals surface area (Å²) in [6, 6.07) is 21.2. The minimum atomic E-state index is -4.74. The molecule has 0 fully saturated rings. The first-order chi connectivity index (χ1) is 18.2. The Morgan fingerprint density at radius 2 is 1.79 bits per heavy atom. The average molecular weight is 538 g/mol. The van der Waals surface area contributed by atoms with Gasteiger partial charge in [0.25, 0.3) is 0 Å². The van der Waals surface area contributed by atoms with Crippen LogP contribution in [-0.2, 0) is 17.6 Å². The maximum absolute atomic E-state index is 12.5. The molecule has 0 spiro atoms. The molecular weight excluding hydrogens is 511 g/mol. The monoisotopic (exact) mass is 537 g/mol. The van der Waals surface area contributed by atoms with E-state index in [4.69, 9.17) is 12.2 Å². The second kappa shape index (κ2) is 12.1. The summed E-state index contributed by atoms with van der Waals surface area (Å²) in [7, 11) is 0. The third-order valence-corrected chi connectivity index (χ3v) is 6.26. The largest absolute Gasteiger partial charge is 0.573 e. The lowest BCUT2D eigenvalue weighted by Crippen LogP contribution is -2.17. The number of aryl methyl sites for hydroxylation is 2. The molecule has 0 unspecified atom stereocenters. The van der Waals surface area contributed by atoms with Gasteiger partial charge in [0, 0.05) is 29.7 Å². The number of Topliss-reactive ketones (excluding diaryl/α,β-unsaturated/α-hetero) is 1. The number of hydrogen-bond acceptors (Lipinski definition) is 5. The van der Waals surface area contributed by atoms with Crippen molar-refractivity contribution >= 4 is 22.9 Å². The first kappa shape index (κ1) is 27.2. The van der Waals surface area contributed by atoms with Gasteiger partial charge in [0.05, 0.1) is 5.69 Å². The predicted octanol–water partition coefficient (Wildman–Crippen LogP) is 7.04. The standard InChI is InChI=1S/C29H26F3N3O2S/c1-20-6-2-3-9-22(20)17-27(38)18-25(36)11-5-8-21-7-4-10-23(16-21)28-33-19-35(34-28)24-12-14-26(15-13-24)37-29(30,31)32/h2-4,6-7,9-10,12-16,19H,5,8,11,17-18H2,1H3. The zero-order valence-corrected chi connectivity index (χ0v) is 21.6. The van der Waals surface area contributed by atoms with E-state index in [-0.39, 0.29) is 11.5 Å². The van der Waals surface area contributed by atoms with Crippen LogP contribution < -0.4 is 4.74 Å². The number of aromatic nitrogens is 3. The van der Waals surface area contributed by atoms with E-state index in [2.05, 4.69) is 14.8 Å². The van der Waals surface area contributed by atoms with Gasteiger partial charge in [-0.25, -0.2) is 9.67 Å². The summed E-state index contributed by atoms with van der Waals surface area (Å²) in [5.41, 5.74) is 4.75. The number of halogens is 3. The smallest absolute Gasteiger partial charge is 0.406 e. The summed E-state index contributed by atoms with van der Waals surface area (Å²) in [6.07, 6.45) is -0.391. The van der Waals surface area contributed by atoms with Gasteiger partial charge in [-0.2, -0.15) is 0 Å². The molecule has 4 aromatic rings. The van der Waals surface area contributed by atoms with E-state index < -0.39 is 6.36 Å². The fraction of sp³-hybridized carbons (Fsp3) is 0.241. The van der Waals surface area contributed by atoms with Crippen molar-refractivity contribution < 1.29 is 22.7 Å². The molecule has 3 aromatic carbocycles. The van der Waals surface area contributed by atoms with E-state index in [1.54, 1.807) is 0 Å². The number of ketones is 1. The predicted molar refractivity (Wildman–Crippen MR) is 144 cm³/mol. The molecule has 5 nitrogen and oxygen atoms in total. The lowest BCUT2D eigenvalue weighted by Gasteiger charge is -2.09. The number of hydrogen-bond donors (Lipinski definition) is 0. The van der Waals surface area contributed by atoms with Crippen LogP contribution in [0.25, 0.3) is 17.1 Å². The number of benzene rings is 3. The van der Waals surface area contributed by atoms with Crippen LogP contribution in [0.3, 0.4) is 0 Å². The van der Waals surface area contributed by atoms with Crippen LogP contribution in [0.15, 0.2) is 79.1 Å². The van der Waals surface area contributed by atoms with Gasteiger partial charge >= 0.3 is 6.36 Å². The van der Waals surface area contributed by atoms with Gasteiger partial charge in [0.2, 0.25) is 0 Å². The highest BCUT2D eigenvalue weighted by Crippen LogP contribution is 2.24. The number of rotatable bonds is 11. The minimum absolute atomic E-state index is 0.145. The summed E-state index contributed by atoms with van der Waals surface area (Å²) in [6.45, 7) is 2.04. The molecule has 0 saturated heterocycles. The van der Waals surface area contributed by atoms with Gasteiger partial charge in [-0.15, -0.1) is 18.3 Å². The molecular formula is C29H26F3N3O2S. The van der Waals surface area contributed by atoms with Crippen molar-refractivity contribution in [2.24, 2.45) is 0 Å². The highest BCUT2D eigenvalue weighted by Gasteiger charge is 2.31. The molecule has 0 aliphatic rings. The Kier molecular flexibility index (Phi) is 8.68. The first-order valence-electron chi connectivity index (χ1n) is 12.1. The zero-order chi connectivity index (χ0) is 27.1. The molecule has 0 aliphatic heterocycles. The van der Waals surface area contributed by atoms with Crippen molar-refractivity contribution in [1.29, 1.82) is 0 Å². The molecule has 1 heterocycles. The number of nitrogens with zero attached hydrogens (tertiary/aromatic N) is 3. The number of alkyl halides is 3. The zero-order valence-electron chi connectivity index (χ0n) is 20.7. The molecule has 196 valence electrons. The fourth-order valence-corrected chi connectivity index (χ4v) is 4.38. The molecule has 9 heteroatoms. The number of thiocarbonyl (C=S) groups is 1. The molecule has 38 heavy (non-hydrogen) atoms. The maximum Gasteiger partial charge on any atom is 0.573 e. The van der Waals surface area contributed by atoms with Gasteiger partial charge in [-0.05, 0) is 66.8 Å². The Hall–Kier alpha value is -3.85. The van der Waals surface area contributed by atoms with Crippen LogP contribution in [0.5, 0.6) is 5.75 Å². The molecule has 0 radical (unpaired) electrons. The summed E-state index contributed by atoms with van der Waals surface area (Å²) in [5, 5.41) is 4.45. The lowest BCUT2D eigenvalue weighted by atomic mass is 9.99. The van der Waals surface area contributed by atoms with Crippen molar-refractivity contribution in [2.75, 3.05) is 0 Å². The summed E-state index contributed by atoms with van der Waals surface area (Å²) < 4.78 is 42.5. The average Bonchev–Trinajstić information content (AvgIpc) is 3.36. The molecule has 0 aliphatic carbocycles. The highest BCUT2D eigenvalue weighted by atomic mass is 32.1. The number of ether oxygens (including phenoxy) is 1. The number of carbonyl (C=O) groups excluding carboxylic acids is 1. The Balaban J connectivity index is 1.29. The first-order valence-corrected chi connectivity index (χ1v) is 12.5. The molecule has 1 aromatic heterocycles. The van der Waals surface area contributed by atoms with E-state index >= 15 is 0 Å². The van der Waals surface area contributed by atoms with E-state index in [0.717, 1.165) is 28.0 Å². The van der Waals surface area contributed by atoms with Crippen LogP contribution in [0.4, 0.5) is 13.2 Å². The molecule has 0 saturated carbocycles. The quantitative estimate of drug-likeness (QED) is 0.192. The van der Waals surface area contributed by atoms with Gasteiger partial charge in [-0.3, -0.25) is 4.79 Å². The molecule has 0 amide bonds. The van der Waals surface area contributed by atoms with E-state index in [1.807, 2.05) is 55.5 Å². The Bertz CT molecular complexity index is 1420. The van der Waals surface area contributed by atoms with E-state index in [9.17, 15) is 18.0 Å². The van der Waals surface area contributed by atoms with Crippen molar-refractivity contribution in [3.8, 4) is 22.8 Å². The van der Waals surface area contributed by atoms with Gasteiger partial charge in [0.15, 0.2) is 5.82 Å².